The second kappa shape index (κ2) is 6.72. The number of nitrogen functional groups attached to an aromatic ring is 1. The fourth-order valence-corrected chi connectivity index (χ4v) is 3.29. The molecule has 0 radical (unpaired) electrons. The van der Waals surface area contributed by atoms with Crippen molar-refractivity contribution in [1.82, 2.24) is 9.78 Å². The Kier molecular flexibility index (Phi) is 5.35. The van der Waals surface area contributed by atoms with Crippen molar-refractivity contribution in [2.24, 2.45) is 0 Å². The maximum Gasteiger partial charge on any atom is 0.416 e. The van der Waals surface area contributed by atoms with E-state index in [2.05, 4.69) is 5.10 Å². The number of rotatable bonds is 3. The molecule has 0 unspecified atom stereocenters. The van der Waals surface area contributed by atoms with E-state index in [1.54, 1.807) is 0 Å². The predicted molar refractivity (Wildman–Crippen MR) is 84.4 cm³/mol. The SMILES string of the molecule is N#Cc1nn(-c2c(Cl)cc(C(F)(F)F)cc2Cl)c(N)c1SC(F)(F)Cl. The van der Waals surface area contributed by atoms with E-state index in [0.29, 0.717) is 16.8 Å². The standard InChI is InChI=1S/C12H4Cl3F5N4S/c13-5-1-4(11(16,17)18)2-6(14)8(5)24-10(22)9(7(3-21)23-24)25-12(15,19)20/h1-2H,22H2. The molecule has 0 saturated carbocycles. The first-order valence-corrected chi connectivity index (χ1v) is 7.91. The second-order valence-electron chi connectivity index (χ2n) is 4.42. The van der Waals surface area contributed by atoms with Crippen LogP contribution in [0.5, 0.6) is 0 Å². The molecule has 0 aliphatic heterocycles. The van der Waals surface area contributed by atoms with Gasteiger partial charge in [-0.25, -0.2) is 4.68 Å². The van der Waals surface area contributed by atoms with Gasteiger partial charge >= 0.3 is 10.9 Å². The maximum absolute atomic E-state index is 13.0. The molecule has 2 aromatic rings. The van der Waals surface area contributed by atoms with E-state index in [4.69, 9.17) is 45.8 Å². The van der Waals surface area contributed by atoms with Crippen molar-refractivity contribution in [2.75, 3.05) is 5.73 Å². The number of alkyl halides is 6. The molecule has 1 aromatic carbocycles. The van der Waals surface area contributed by atoms with Crippen LogP contribution in [0, 0.1) is 11.3 Å². The first-order valence-electron chi connectivity index (χ1n) is 5.96. The van der Waals surface area contributed by atoms with Gasteiger partial charge in [-0.3, -0.25) is 0 Å². The molecule has 134 valence electrons. The lowest BCUT2D eigenvalue weighted by atomic mass is 10.2. The maximum atomic E-state index is 13.0. The van der Waals surface area contributed by atoms with Crippen molar-refractivity contribution in [2.45, 2.75) is 15.8 Å². The Morgan fingerprint density at radius 2 is 1.68 bits per heavy atom. The number of nitriles is 1. The molecule has 0 fully saturated rings. The summed E-state index contributed by atoms with van der Waals surface area (Å²) in [5, 5.41) is 11.7. The van der Waals surface area contributed by atoms with Crippen LogP contribution in [0.15, 0.2) is 17.0 Å². The molecule has 1 heterocycles. The molecule has 0 bridgehead atoms. The third-order valence-electron chi connectivity index (χ3n) is 2.76. The number of hydrogen-bond acceptors (Lipinski definition) is 4. The highest BCUT2D eigenvalue weighted by Gasteiger charge is 2.34. The van der Waals surface area contributed by atoms with Gasteiger partial charge < -0.3 is 5.73 Å². The first kappa shape index (κ1) is 19.9. The lowest BCUT2D eigenvalue weighted by Gasteiger charge is -2.13. The van der Waals surface area contributed by atoms with Gasteiger partial charge in [0.25, 0.3) is 0 Å². The number of thioether (sulfide) groups is 1. The average molecular weight is 438 g/mol. The predicted octanol–water partition coefficient (Wildman–Crippen LogP) is 5.53. The van der Waals surface area contributed by atoms with Crippen molar-refractivity contribution < 1.29 is 22.0 Å². The van der Waals surface area contributed by atoms with Gasteiger partial charge in [0, 0.05) is 0 Å². The van der Waals surface area contributed by atoms with E-state index < -0.39 is 42.9 Å². The van der Waals surface area contributed by atoms with Gasteiger partial charge in [0.15, 0.2) is 5.69 Å². The Morgan fingerprint density at radius 3 is 2.08 bits per heavy atom. The Labute approximate surface area is 156 Å². The summed E-state index contributed by atoms with van der Waals surface area (Å²) < 4.78 is 61.2. The van der Waals surface area contributed by atoms with Gasteiger partial charge in [-0.15, -0.1) is 0 Å². The summed E-state index contributed by atoms with van der Waals surface area (Å²) in [5.74, 6) is -0.481. The lowest BCUT2D eigenvalue weighted by Crippen LogP contribution is -2.08. The Balaban J connectivity index is 2.66. The number of benzene rings is 1. The largest absolute Gasteiger partial charge is 0.416 e. The Bertz CT molecular complexity index is 846. The number of nitrogens with two attached hydrogens (primary N) is 1. The fraction of sp³-hybridized carbons (Fsp3) is 0.167. The molecular weight excluding hydrogens is 434 g/mol. The Hall–Kier alpha value is -1.41. The summed E-state index contributed by atoms with van der Waals surface area (Å²) in [6.07, 6.45) is -4.71. The number of nitrogens with zero attached hydrogens (tertiary/aromatic N) is 3. The van der Waals surface area contributed by atoms with Gasteiger partial charge in [0.1, 0.15) is 17.6 Å². The molecule has 0 aliphatic carbocycles. The highest BCUT2D eigenvalue weighted by molar-refractivity contribution is 8.01. The molecule has 0 aliphatic rings. The van der Waals surface area contributed by atoms with Crippen LogP contribution in [0.2, 0.25) is 10.0 Å². The normalized spacial score (nSPS) is 12.3. The van der Waals surface area contributed by atoms with Gasteiger partial charge in [0.2, 0.25) is 0 Å². The van der Waals surface area contributed by atoms with Crippen LogP contribution < -0.4 is 5.73 Å². The zero-order chi connectivity index (χ0) is 19.2. The molecule has 13 heteroatoms. The molecule has 2 N–H and O–H groups in total. The van der Waals surface area contributed by atoms with Crippen molar-refractivity contribution in [3.8, 4) is 11.8 Å². The topological polar surface area (TPSA) is 67.6 Å². The van der Waals surface area contributed by atoms with E-state index in [1.165, 1.54) is 6.07 Å². The number of aromatic nitrogens is 2. The van der Waals surface area contributed by atoms with Gasteiger partial charge in [-0.1, -0.05) is 23.2 Å². The molecular formula is C12H4Cl3F5N4S. The van der Waals surface area contributed by atoms with E-state index in [-0.39, 0.29) is 17.4 Å². The van der Waals surface area contributed by atoms with Gasteiger partial charge in [0.05, 0.1) is 20.5 Å². The number of anilines is 1. The summed E-state index contributed by atoms with van der Waals surface area (Å²) in [6, 6.07) is 2.67. The van der Waals surface area contributed by atoms with Crippen molar-refractivity contribution in [3.63, 3.8) is 0 Å². The van der Waals surface area contributed by atoms with Crippen LogP contribution in [0.1, 0.15) is 11.3 Å². The highest BCUT2D eigenvalue weighted by atomic mass is 35.5. The van der Waals surface area contributed by atoms with Gasteiger partial charge in [-0.05, 0) is 35.5 Å². The molecule has 0 spiro atoms. The zero-order valence-electron chi connectivity index (χ0n) is 11.5. The van der Waals surface area contributed by atoms with Crippen LogP contribution in [0.25, 0.3) is 5.69 Å². The molecule has 25 heavy (non-hydrogen) atoms. The highest BCUT2D eigenvalue weighted by Crippen LogP contribution is 2.45. The van der Waals surface area contributed by atoms with E-state index in [9.17, 15) is 22.0 Å². The molecule has 4 nitrogen and oxygen atoms in total. The van der Waals surface area contributed by atoms with Crippen LogP contribution in [0.3, 0.4) is 0 Å². The lowest BCUT2D eigenvalue weighted by molar-refractivity contribution is -0.137. The van der Waals surface area contributed by atoms with E-state index >= 15 is 0 Å². The first-order chi connectivity index (χ1) is 11.3. The van der Waals surface area contributed by atoms with E-state index in [1.807, 2.05) is 0 Å². The molecule has 1 aromatic heterocycles. The molecule has 0 amide bonds. The number of halogens is 8. The summed E-state index contributed by atoms with van der Waals surface area (Å²) in [4.78, 5) is -0.463. The Morgan fingerprint density at radius 1 is 1.16 bits per heavy atom. The minimum absolute atomic E-state index is 0.252. The summed E-state index contributed by atoms with van der Waals surface area (Å²) in [5.41, 5.74) is 3.74. The van der Waals surface area contributed by atoms with Crippen LogP contribution >= 0.6 is 46.6 Å². The minimum Gasteiger partial charge on any atom is -0.383 e. The van der Waals surface area contributed by atoms with Crippen LogP contribution in [0.4, 0.5) is 27.8 Å². The summed E-state index contributed by atoms with van der Waals surface area (Å²) in [7, 11) is 0. The number of hydrogen-bond donors (Lipinski definition) is 1. The molecule has 0 atom stereocenters. The van der Waals surface area contributed by atoms with E-state index in [0.717, 1.165) is 0 Å². The molecule has 2 rings (SSSR count). The quantitative estimate of drug-likeness (QED) is 0.389. The summed E-state index contributed by atoms with van der Waals surface area (Å²) >= 11 is 16.2. The third-order valence-corrected chi connectivity index (χ3v) is 4.40. The summed E-state index contributed by atoms with van der Waals surface area (Å²) in [6.45, 7) is 0. The smallest absolute Gasteiger partial charge is 0.383 e. The van der Waals surface area contributed by atoms with Crippen molar-refractivity contribution in [1.29, 1.82) is 5.26 Å². The monoisotopic (exact) mass is 436 g/mol. The van der Waals surface area contributed by atoms with Crippen molar-refractivity contribution >= 4 is 52.4 Å². The van der Waals surface area contributed by atoms with Crippen molar-refractivity contribution in [3.05, 3.63) is 33.4 Å². The van der Waals surface area contributed by atoms with Crippen LogP contribution in [-0.4, -0.2) is 14.5 Å². The van der Waals surface area contributed by atoms with Gasteiger partial charge in [-0.2, -0.15) is 32.3 Å². The zero-order valence-corrected chi connectivity index (χ0v) is 14.6. The average Bonchev–Trinajstić information content (AvgIpc) is 2.73. The minimum atomic E-state index is -4.71. The fourth-order valence-electron chi connectivity index (χ4n) is 1.81. The second-order valence-corrected chi connectivity index (χ2v) is 7.06. The molecule has 0 saturated heterocycles. The third kappa shape index (κ3) is 4.23. The van der Waals surface area contributed by atoms with Crippen LogP contribution in [-0.2, 0) is 6.18 Å².